The highest BCUT2D eigenvalue weighted by molar-refractivity contribution is 5.70. The largest absolute Gasteiger partial charge is 0.481 e. The molecule has 5 heteroatoms. The van der Waals surface area contributed by atoms with Gasteiger partial charge < -0.3 is 10.0 Å². The van der Waals surface area contributed by atoms with Crippen molar-refractivity contribution in [3.63, 3.8) is 0 Å². The second-order valence-electron chi connectivity index (χ2n) is 7.24. The van der Waals surface area contributed by atoms with Crippen molar-refractivity contribution < 1.29 is 9.90 Å². The number of rotatable bonds is 5. The number of hydrogen-bond donors (Lipinski definition) is 1. The van der Waals surface area contributed by atoms with Crippen molar-refractivity contribution in [2.45, 2.75) is 25.8 Å². The second kappa shape index (κ2) is 7.87. The molecule has 26 heavy (non-hydrogen) atoms. The number of hydrogen-bond acceptors (Lipinski definition) is 4. The lowest BCUT2D eigenvalue weighted by molar-refractivity contribution is -0.143. The van der Waals surface area contributed by atoms with Crippen molar-refractivity contribution in [2.24, 2.45) is 5.92 Å². The first-order valence-corrected chi connectivity index (χ1v) is 9.13. The molecule has 138 valence electrons. The van der Waals surface area contributed by atoms with Gasteiger partial charge in [-0.05, 0) is 62.2 Å². The van der Waals surface area contributed by atoms with E-state index in [2.05, 4.69) is 52.0 Å². The third-order valence-electron chi connectivity index (χ3n) is 5.28. The Hall–Kier alpha value is -2.40. The topological polar surface area (TPSA) is 56.7 Å². The number of pyridine rings is 1. The average molecular weight is 353 g/mol. The Balaban J connectivity index is 1.93. The van der Waals surface area contributed by atoms with Gasteiger partial charge >= 0.3 is 5.97 Å². The summed E-state index contributed by atoms with van der Waals surface area (Å²) in [5.74, 6) is -0.904. The van der Waals surface area contributed by atoms with Gasteiger partial charge in [0.15, 0.2) is 0 Å². The summed E-state index contributed by atoms with van der Waals surface area (Å²) < 4.78 is 0. The van der Waals surface area contributed by atoms with Gasteiger partial charge in [0.05, 0.1) is 17.7 Å². The summed E-state index contributed by atoms with van der Waals surface area (Å²) in [4.78, 5) is 20.4. The van der Waals surface area contributed by atoms with Crippen molar-refractivity contribution in [1.82, 2.24) is 9.88 Å². The summed E-state index contributed by atoms with van der Waals surface area (Å²) >= 11 is 0. The monoisotopic (exact) mass is 353 g/mol. The molecule has 3 rings (SSSR count). The minimum absolute atomic E-state index is 0.0576. The summed E-state index contributed by atoms with van der Waals surface area (Å²) in [6.07, 6.45) is 3.22. The zero-order chi connectivity index (χ0) is 18.7. The van der Waals surface area contributed by atoms with Crippen LogP contribution in [0.25, 0.3) is 0 Å². The molecule has 0 radical (unpaired) electrons. The number of nitrogens with zero attached hydrogens (tertiary/aromatic N) is 3. The van der Waals surface area contributed by atoms with Crippen LogP contribution in [-0.4, -0.2) is 48.1 Å². The molecule has 0 bridgehead atoms. The van der Waals surface area contributed by atoms with Gasteiger partial charge in [-0.3, -0.25) is 14.7 Å². The molecule has 0 spiro atoms. The molecule has 1 aromatic carbocycles. The van der Waals surface area contributed by atoms with Crippen LogP contribution in [0.1, 0.15) is 35.7 Å². The van der Waals surface area contributed by atoms with Gasteiger partial charge in [-0.25, -0.2) is 0 Å². The maximum absolute atomic E-state index is 11.3. The molecule has 1 atom stereocenters. The van der Waals surface area contributed by atoms with E-state index in [-0.39, 0.29) is 12.0 Å². The number of carboxylic acid groups (broad SMARTS) is 1. The fourth-order valence-corrected chi connectivity index (χ4v) is 3.69. The van der Waals surface area contributed by atoms with Gasteiger partial charge in [0.2, 0.25) is 0 Å². The first-order valence-electron chi connectivity index (χ1n) is 9.13. The van der Waals surface area contributed by atoms with Crippen molar-refractivity contribution in [2.75, 3.05) is 32.1 Å². The Morgan fingerprint density at radius 1 is 1.19 bits per heavy atom. The number of aryl methyl sites for hydroxylation is 1. The van der Waals surface area contributed by atoms with Gasteiger partial charge in [0.25, 0.3) is 0 Å². The van der Waals surface area contributed by atoms with E-state index in [1.54, 1.807) is 0 Å². The Bertz CT molecular complexity index is 750. The molecule has 2 heterocycles. The summed E-state index contributed by atoms with van der Waals surface area (Å²) in [5, 5.41) is 9.29. The molecule has 0 saturated carbocycles. The van der Waals surface area contributed by atoms with Gasteiger partial charge in [0.1, 0.15) is 0 Å². The molecule has 1 N–H and O–H groups in total. The molecule has 1 fully saturated rings. The minimum Gasteiger partial charge on any atom is -0.481 e. The van der Waals surface area contributed by atoms with Crippen LogP contribution in [0.4, 0.5) is 5.69 Å². The summed E-state index contributed by atoms with van der Waals surface area (Å²) in [6.45, 7) is 3.63. The Kier molecular flexibility index (Phi) is 5.57. The zero-order valence-corrected chi connectivity index (χ0v) is 15.7. The lowest BCUT2D eigenvalue weighted by atomic mass is 9.92. The first-order chi connectivity index (χ1) is 12.5. The van der Waals surface area contributed by atoms with Gasteiger partial charge in [-0.15, -0.1) is 0 Å². The fourth-order valence-electron chi connectivity index (χ4n) is 3.69. The van der Waals surface area contributed by atoms with Crippen LogP contribution >= 0.6 is 0 Å². The van der Waals surface area contributed by atoms with E-state index in [0.717, 1.165) is 30.0 Å². The van der Waals surface area contributed by atoms with Crippen molar-refractivity contribution in [1.29, 1.82) is 0 Å². The van der Waals surface area contributed by atoms with Gasteiger partial charge in [-0.1, -0.05) is 18.2 Å². The summed E-state index contributed by atoms with van der Waals surface area (Å²) in [7, 11) is 4.07. The van der Waals surface area contributed by atoms with Crippen LogP contribution in [0.3, 0.4) is 0 Å². The molecular formula is C21H27N3O2. The smallest absolute Gasteiger partial charge is 0.306 e. The van der Waals surface area contributed by atoms with E-state index in [0.29, 0.717) is 12.8 Å². The maximum atomic E-state index is 11.3. The number of benzene rings is 1. The van der Waals surface area contributed by atoms with E-state index in [1.807, 2.05) is 26.4 Å². The number of carbonyl (C=O) groups is 1. The third-order valence-corrected chi connectivity index (χ3v) is 5.28. The van der Waals surface area contributed by atoms with Crippen LogP contribution in [-0.2, 0) is 4.79 Å². The van der Waals surface area contributed by atoms with E-state index in [1.165, 1.54) is 5.56 Å². The average Bonchev–Trinajstić information content (AvgIpc) is 2.64. The van der Waals surface area contributed by atoms with E-state index in [4.69, 9.17) is 0 Å². The normalized spacial score (nSPS) is 17.0. The van der Waals surface area contributed by atoms with Crippen molar-refractivity contribution >= 4 is 11.7 Å². The Labute approximate surface area is 155 Å². The zero-order valence-electron chi connectivity index (χ0n) is 15.7. The number of piperidine rings is 1. The number of carboxylic acids is 1. The van der Waals surface area contributed by atoms with E-state index in [9.17, 15) is 9.90 Å². The van der Waals surface area contributed by atoms with Crippen molar-refractivity contribution in [3.8, 4) is 0 Å². The highest BCUT2D eigenvalue weighted by Crippen LogP contribution is 2.33. The molecule has 1 aromatic heterocycles. The fraction of sp³-hybridized carbons (Fsp3) is 0.429. The lowest BCUT2D eigenvalue weighted by Crippen LogP contribution is -2.39. The molecule has 1 saturated heterocycles. The number of aromatic nitrogens is 1. The highest BCUT2D eigenvalue weighted by Gasteiger charge is 2.31. The molecular weight excluding hydrogens is 326 g/mol. The second-order valence-corrected chi connectivity index (χ2v) is 7.24. The Morgan fingerprint density at radius 3 is 2.38 bits per heavy atom. The quantitative estimate of drug-likeness (QED) is 0.893. The van der Waals surface area contributed by atoms with Crippen LogP contribution in [0.5, 0.6) is 0 Å². The number of likely N-dealkylation sites (tertiary alicyclic amines) is 1. The van der Waals surface area contributed by atoms with Gasteiger partial charge in [-0.2, -0.15) is 0 Å². The van der Waals surface area contributed by atoms with Crippen molar-refractivity contribution in [3.05, 3.63) is 59.4 Å². The third kappa shape index (κ3) is 3.88. The van der Waals surface area contributed by atoms with E-state index >= 15 is 0 Å². The number of anilines is 1. The molecule has 1 aliphatic rings. The molecule has 0 aliphatic carbocycles. The van der Waals surface area contributed by atoms with Crippen LogP contribution in [0.15, 0.2) is 42.6 Å². The lowest BCUT2D eigenvalue weighted by Gasteiger charge is -2.37. The SMILES string of the molecule is Cc1cccnc1C(c1ccc(N(C)C)cc1)N1CCC(C(=O)O)CC1. The molecule has 0 amide bonds. The maximum Gasteiger partial charge on any atom is 0.306 e. The summed E-state index contributed by atoms with van der Waals surface area (Å²) in [5.41, 5.74) is 4.58. The first kappa shape index (κ1) is 18.4. The van der Waals surface area contributed by atoms with Gasteiger partial charge in [0, 0.05) is 26.0 Å². The van der Waals surface area contributed by atoms with Crippen LogP contribution in [0, 0.1) is 12.8 Å². The summed E-state index contributed by atoms with van der Waals surface area (Å²) in [6, 6.07) is 12.7. The highest BCUT2D eigenvalue weighted by atomic mass is 16.4. The molecule has 1 unspecified atom stereocenters. The molecule has 5 nitrogen and oxygen atoms in total. The Morgan fingerprint density at radius 2 is 1.85 bits per heavy atom. The molecule has 1 aliphatic heterocycles. The van der Waals surface area contributed by atoms with Crippen LogP contribution < -0.4 is 4.90 Å². The minimum atomic E-state index is -0.675. The number of aliphatic carboxylic acids is 1. The van der Waals surface area contributed by atoms with E-state index < -0.39 is 5.97 Å². The predicted octanol–water partition coefficient (Wildman–Crippen LogP) is 3.34. The van der Waals surface area contributed by atoms with Crippen LogP contribution in [0.2, 0.25) is 0 Å². The standard InChI is InChI=1S/C21H27N3O2/c1-15-5-4-12-22-19(15)20(16-6-8-18(9-7-16)23(2)3)24-13-10-17(11-14-24)21(25)26/h4-9,12,17,20H,10-11,13-14H2,1-3H3,(H,25,26). The predicted molar refractivity (Wildman–Crippen MR) is 104 cm³/mol. The molecule has 2 aromatic rings.